The normalized spacial score (nSPS) is 51.9. The number of aliphatic hydroxyl groups excluding tert-OH is 1. The first-order valence-corrected chi connectivity index (χ1v) is 16.1. The lowest BCUT2D eigenvalue weighted by molar-refractivity contribution is -0.248. The van der Waals surface area contributed by atoms with Crippen molar-refractivity contribution in [3.63, 3.8) is 0 Å². The van der Waals surface area contributed by atoms with Crippen LogP contribution < -0.4 is 0 Å². The SMILES string of the molecule is C=C(CN1CCCC1)[C@@H]1CC[C@]2(C(=O)O)CC[C@]3(C)C(CCC4[C@@]5(C)CC[C@H](O)C(C)(C)C5CC[C@]43C)C12. The molecule has 0 amide bonds. The molecule has 1 saturated heterocycles. The van der Waals surface area contributed by atoms with Gasteiger partial charge in [-0.3, -0.25) is 9.69 Å². The van der Waals surface area contributed by atoms with Crippen molar-refractivity contribution < 1.29 is 15.0 Å². The van der Waals surface area contributed by atoms with Crippen molar-refractivity contribution in [2.24, 2.45) is 56.7 Å². The maximum Gasteiger partial charge on any atom is 0.309 e. The molecule has 0 bridgehead atoms. The third kappa shape index (κ3) is 3.44. The second-order valence-corrected chi connectivity index (χ2v) is 16.3. The molecule has 1 heterocycles. The van der Waals surface area contributed by atoms with E-state index in [4.69, 9.17) is 0 Å². The highest BCUT2D eigenvalue weighted by Crippen LogP contribution is 2.77. The van der Waals surface area contributed by atoms with E-state index >= 15 is 0 Å². The number of hydrogen-bond donors (Lipinski definition) is 2. The molecule has 2 N–H and O–H groups in total. The van der Waals surface area contributed by atoms with Crippen LogP contribution in [0.3, 0.4) is 0 Å². The smallest absolute Gasteiger partial charge is 0.309 e. The van der Waals surface area contributed by atoms with Gasteiger partial charge in [-0.05, 0) is 141 Å². The molecule has 4 heteroatoms. The predicted molar refractivity (Wildman–Crippen MR) is 153 cm³/mol. The standard InChI is InChI=1S/C34H55NO3/c1-22(21-35-19-7-8-20-35)23-11-16-34(29(37)38)18-17-32(5)24(28(23)34)9-10-26-31(4)14-13-27(36)30(2,3)25(31)12-15-33(26,32)6/h23-28,36H,1,7-21H2,2-6H3,(H,37,38)/t23-,24?,25?,26?,27-,28?,31-,32+,33+,34-/m0/s1. The topological polar surface area (TPSA) is 60.8 Å². The lowest BCUT2D eigenvalue weighted by atomic mass is 9.32. The fourth-order valence-electron chi connectivity index (χ4n) is 12.8. The summed E-state index contributed by atoms with van der Waals surface area (Å²) in [5, 5.41) is 21.8. The van der Waals surface area contributed by atoms with E-state index in [1.54, 1.807) is 0 Å². The molecule has 1 aliphatic heterocycles. The average Bonchev–Trinajstić information content (AvgIpc) is 3.50. The van der Waals surface area contributed by atoms with Crippen LogP contribution in [0.1, 0.15) is 112 Å². The Labute approximate surface area is 232 Å². The van der Waals surface area contributed by atoms with Crippen LogP contribution in [0, 0.1) is 56.7 Å². The van der Waals surface area contributed by atoms with Gasteiger partial charge in [0.05, 0.1) is 11.5 Å². The Hall–Kier alpha value is -0.870. The summed E-state index contributed by atoms with van der Waals surface area (Å²) in [6, 6.07) is 0. The number of aliphatic carboxylic acids is 1. The molecule has 6 rings (SSSR count). The Kier molecular flexibility index (Phi) is 6.33. The molecule has 214 valence electrons. The van der Waals surface area contributed by atoms with E-state index in [0.717, 1.165) is 45.1 Å². The number of fused-ring (bicyclic) bond motifs is 7. The third-order valence-corrected chi connectivity index (χ3v) is 15.0. The highest BCUT2D eigenvalue weighted by atomic mass is 16.4. The van der Waals surface area contributed by atoms with Crippen molar-refractivity contribution in [1.29, 1.82) is 0 Å². The molecule has 6 fully saturated rings. The van der Waals surface area contributed by atoms with Crippen LogP contribution in [0.15, 0.2) is 12.2 Å². The van der Waals surface area contributed by atoms with Crippen LogP contribution in [-0.2, 0) is 4.79 Å². The molecule has 5 aliphatic carbocycles. The van der Waals surface area contributed by atoms with E-state index in [1.807, 2.05) is 0 Å². The number of nitrogens with zero attached hydrogens (tertiary/aromatic N) is 1. The molecule has 5 saturated carbocycles. The van der Waals surface area contributed by atoms with Gasteiger partial charge >= 0.3 is 5.97 Å². The Morgan fingerprint density at radius 1 is 0.842 bits per heavy atom. The molecule has 4 nitrogen and oxygen atoms in total. The lowest BCUT2D eigenvalue weighted by Crippen LogP contribution is -2.67. The van der Waals surface area contributed by atoms with Crippen molar-refractivity contribution in [3.05, 3.63) is 12.2 Å². The van der Waals surface area contributed by atoms with Crippen LogP contribution in [0.4, 0.5) is 0 Å². The molecule has 4 unspecified atom stereocenters. The van der Waals surface area contributed by atoms with Gasteiger partial charge in [-0.15, -0.1) is 0 Å². The molecular formula is C34H55NO3. The molecule has 0 aromatic heterocycles. The zero-order valence-corrected chi connectivity index (χ0v) is 25.0. The Balaban J connectivity index is 1.35. The van der Waals surface area contributed by atoms with E-state index in [1.165, 1.54) is 57.2 Å². The van der Waals surface area contributed by atoms with Gasteiger partial charge in [-0.25, -0.2) is 0 Å². The van der Waals surface area contributed by atoms with Gasteiger partial charge in [-0.2, -0.15) is 0 Å². The molecule has 38 heavy (non-hydrogen) atoms. The molecular weight excluding hydrogens is 470 g/mol. The molecule has 6 aliphatic rings. The van der Waals surface area contributed by atoms with Gasteiger partial charge < -0.3 is 10.2 Å². The minimum Gasteiger partial charge on any atom is -0.481 e. The fourth-order valence-corrected chi connectivity index (χ4v) is 12.8. The van der Waals surface area contributed by atoms with E-state index in [9.17, 15) is 15.0 Å². The largest absolute Gasteiger partial charge is 0.481 e. The zero-order valence-electron chi connectivity index (χ0n) is 25.0. The second kappa shape index (κ2) is 8.81. The second-order valence-electron chi connectivity index (χ2n) is 16.3. The summed E-state index contributed by atoms with van der Waals surface area (Å²) in [6.45, 7) is 20.4. The number of carboxylic acids is 1. The number of aliphatic hydroxyl groups is 1. The van der Waals surface area contributed by atoms with Crippen LogP contribution in [-0.4, -0.2) is 46.8 Å². The minimum absolute atomic E-state index is 0.0268. The van der Waals surface area contributed by atoms with E-state index in [-0.39, 0.29) is 33.7 Å². The minimum atomic E-state index is -0.552. The van der Waals surface area contributed by atoms with Gasteiger partial charge in [0.15, 0.2) is 0 Å². The third-order valence-electron chi connectivity index (χ3n) is 15.0. The number of likely N-dealkylation sites (tertiary alicyclic amines) is 1. The first-order valence-electron chi connectivity index (χ1n) is 16.1. The molecule has 0 aromatic rings. The monoisotopic (exact) mass is 525 g/mol. The summed E-state index contributed by atoms with van der Waals surface area (Å²) in [5.41, 5.74) is 1.41. The highest BCUT2D eigenvalue weighted by molar-refractivity contribution is 5.76. The van der Waals surface area contributed by atoms with Gasteiger partial charge in [0.2, 0.25) is 0 Å². The van der Waals surface area contributed by atoms with Gasteiger partial charge in [0.25, 0.3) is 0 Å². The Bertz CT molecular complexity index is 984. The van der Waals surface area contributed by atoms with Crippen LogP contribution in [0.2, 0.25) is 0 Å². The maximum absolute atomic E-state index is 13.1. The van der Waals surface area contributed by atoms with Crippen molar-refractivity contribution in [1.82, 2.24) is 4.90 Å². The van der Waals surface area contributed by atoms with Gasteiger partial charge in [0.1, 0.15) is 0 Å². The van der Waals surface area contributed by atoms with E-state index in [0.29, 0.717) is 23.7 Å². The first kappa shape index (κ1) is 27.3. The Morgan fingerprint density at radius 2 is 1.55 bits per heavy atom. The summed E-state index contributed by atoms with van der Waals surface area (Å²) >= 11 is 0. The molecule has 10 atom stereocenters. The van der Waals surface area contributed by atoms with Crippen molar-refractivity contribution in [2.75, 3.05) is 19.6 Å². The predicted octanol–water partition coefficient (Wildman–Crippen LogP) is 7.17. The summed E-state index contributed by atoms with van der Waals surface area (Å²) in [7, 11) is 0. The molecule has 0 radical (unpaired) electrons. The van der Waals surface area contributed by atoms with Crippen LogP contribution in [0.25, 0.3) is 0 Å². The summed E-state index contributed by atoms with van der Waals surface area (Å²) in [6.07, 6.45) is 13.1. The van der Waals surface area contributed by atoms with Crippen molar-refractivity contribution >= 4 is 5.97 Å². The van der Waals surface area contributed by atoms with E-state index < -0.39 is 11.4 Å². The van der Waals surface area contributed by atoms with Gasteiger partial charge in [0, 0.05) is 6.54 Å². The molecule has 0 aromatic carbocycles. The number of rotatable bonds is 4. The van der Waals surface area contributed by atoms with Crippen molar-refractivity contribution in [3.8, 4) is 0 Å². The lowest BCUT2D eigenvalue weighted by Gasteiger charge is -2.72. The summed E-state index contributed by atoms with van der Waals surface area (Å²) in [5.74, 6) is 1.77. The maximum atomic E-state index is 13.1. The van der Waals surface area contributed by atoms with E-state index in [2.05, 4.69) is 46.1 Å². The quantitative estimate of drug-likeness (QED) is 0.382. The fraction of sp³-hybridized carbons (Fsp3) is 0.912. The molecule has 0 spiro atoms. The number of hydrogen-bond acceptors (Lipinski definition) is 3. The zero-order chi connectivity index (χ0) is 27.3. The summed E-state index contributed by atoms with van der Waals surface area (Å²) < 4.78 is 0. The highest BCUT2D eigenvalue weighted by Gasteiger charge is 2.72. The average molecular weight is 526 g/mol. The first-order chi connectivity index (χ1) is 17.8. The number of carbonyl (C=O) groups is 1. The Morgan fingerprint density at radius 3 is 2.24 bits per heavy atom. The van der Waals surface area contributed by atoms with Gasteiger partial charge in [-0.1, -0.05) is 46.8 Å². The number of carboxylic acid groups (broad SMARTS) is 1. The van der Waals surface area contributed by atoms with Crippen LogP contribution >= 0.6 is 0 Å². The summed E-state index contributed by atoms with van der Waals surface area (Å²) in [4.78, 5) is 15.6. The van der Waals surface area contributed by atoms with Crippen molar-refractivity contribution in [2.45, 2.75) is 118 Å². The van der Waals surface area contributed by atoms with Crippen LogP contribution in [0.5, 0.6) is 0 Å².